The van der Waals surface area contributed by atoms with E-state index in [0.717, 1.165) is 23.6 Å². The Kier molecular flexibility index (Phi) is 4.96. The highest BCUT2D eigenvalue weighted by atomic mass is 16.5. The number of ether oxygens (including phenoxy) is 1. The van der Waals surface area contributed by atoms with Crippen molar-refractivity contribution in [1.29, 1.82) is 0 Å². The molecule has 126 valence electrons. The van der Waals surface area contributed by atoms with Crippen LogP contribution in [0, 0.1) is 0 Å². The monoisotopic (exact) mass is 326 g/mol. The number of para-hydroxylation sites is 1. The molecule has 0 bridgehead atoms. The molecular weight excluding hydrogens is 304 g/mol. The first kappa shape index (κ1) is 16.3. The molecule has 0 radical (unpaired) electrons. The summed E-state index contributed by atoms with van der Waals surface area (Å²) in [5.41, 5.74) is 8.00. The Bertz CT molecular complexity index is 702. The second-order valence-electron chi connectivity index (χ2n) is 5.81. The summed E-state index contributed by atoms with van der Waals surface area (Å²) >= 11 is 0. The van der Waals surface area contributed by atoms with Gasteiger partial charge in [-0.15, -0.1) is 0 Å². The van der Waals surface area contributed by atoms with Gasteiger partial charge in [0.25, 0.3) is 0 Å². The fourth-order valence-electron chi connectivity index (χ4n) is 3.02. The summed E-state index contributed by atoms with van der Waals surface area (Å²) < 4.78 is 5.47. The number of rotatable bonds is 4. The summed E-state index contributed by atoms with van der Waals surface area (Å²) in [4.78, 5) is 19.0. The summed E-state index contributed by atoms with van der Waals surface area (Å²) in [6.07, 6.45) is 1.85. The Hall–Kier alpha value is -2.60. The molecule has 3 N–H and O–H groups in total. The summed E-state index contributed by atoms with van der Waals surface area (Å²) in [6, 6.07) is 11.4. The van der Waals surface area contributed by atoms with E-state index in [0.29, 0.717) is 18.8 Å². The molecule has 1 fully saturated rings. The maximum atomic E-state index is 12.8. The maximum absolute atomic E-state index is 12.8. The Balaban J connectivity index is 1.81. The second kappa shape index (κ2) is 7.31. The summed E-state index contributed by atoms with van der Waals surface area (Å²) in [7, 11) is 1.65. The fourth-order valence-corrected chi connectivity index (χ4v) is 3.02. The number of hydrogen-bond donors (Lipinski definition) is 2. The van der Waals surface area contributed by atoms with Gasteiger partial charge in [0, 0.05) is 30.9 Å². The van der Waals surface area contributed by atoms with Crippen LogP contribution in [0.1, 0.15) is 17.3 Å². The van der Waals surface area contributed by atoms with Gasteiger partial charge in [0.1, 0.15) is 5.75 Å². The number of piperazine rings is 1. The van der Waals surface area contributed by atoms with Crippen molar-refractivity contribution < 1.29 is 9.53 Å². The number of nitrogens with one attached hydrogen (secondary N) is 1. The fraction of sp³-hybridized carbons (Fsp3) is 0.333. The van der Waals surface area contributed by atoms with Crippen molar-refractivity contribution in [2.45, 2.75) is 12.5 Å². The van der Waals surface area contributed by atoms with E-state index in [2.05, 4.69) is 10.3 Å². The molecule has 0 saturated carbocycles. The molecule has 0 aliphatic carbocycles. The van der Waals surface area contributed by atoms with Crippen molar-refractivity contribution in [3.63, 3.8) is 0 Å². The van der Waals surface area contributed by atoms with Crippen LogP contribution in [0.15, 0.2) is 42.6 Å². The molecule has 2 heterocycles. The van der Waals surface area contributed by atoms with Crippen molar-refractivity contribution in [3.8, 4) is 5.75 Å². The number of pyridine rings is 1. The van der Waals surface area contributed by atoms with E-state index in [-0.39, 0.29) is 18.4 Å². The van der Waals surface area contributed by atoms with Crippen molar-refractivity contribution >= 4 is 11.6 Å². The average molecular weight is 326 g/mol. The van der Waals surface area contributed by atoms with Crippen molar-refractivity contribution in [2.75, 3.05) is 32.5 Å². The van der Waals surface area contributed by atoms with Crippen LogP contribution in [0.4, 0.5) is 5.69 Å². The number of nitrogens with zero attached hydrogens (tertiary/aromatic N) is 2. The number of carbonyl (C=O) groups excluding carboxylic acids is 1. The highest BCUT2D eigenvalue weighted by molar-refractivity contribution is 5.79. The highest BCUT2D eigenvalue weighted by Gasteiger charge is 2.29. The van der Waals surface area contributed by atoms with Gasteiger partial charge in [-0.25, -0.2) is 0 Å². The average Bonchev–Trinajstić information content (AvgIpc) is 2.63. The van der Waals surface area contributed by atoms with Gasteiger partial charge in [-0.3, -0.25) is 9.78 Å². The zero-order valence-electron chi connectivity index (χ0n) is 13.7. The standard InChI is InChI=1S/C18H22N4O2/c1-24-17-5-3-2-4-15(17)16-12-20-8-9-22(16)18(23)10-14-7-6-13(19)11-21-14/h2-7,11,16,20H,8-10,12,19H2,1H3. The Morgan fingerprint density at radius 3 is 2.96 bits per heavy atom. The molecule has 1 aromatic heterocycles. The molecule has 1 amide bonds. The number of carbonyl (C=O) groups is 1. The zero-order chi connectivity index (χ0) is 16.9. The quantitative estimate of drug-likeness (QED) is 0.887. The van der Waals surface area contributed by atoms with Gasteiger partial charge >= 0.3 is 0 Å². The van der Waals surface area contributed by atoms with E-state index in [1.807, 2.05) is 29.2 Å². The summed E-state index contributed by atoms with van der Waals surface area (Å²) in [5, 5.41) is 3.36. The zero-order valence-corrected chi connectivity index (χ0v) is 13.7. The van der Waals surface area contributed by atoms with E-state index < -0.39 is 0 Å². The van der Waals surface area contributed by atoms with Crippen LogP contribution in [-0.2, 0) is 11.2 Å². The molecular formula is C18H22N4O2. The third kappa shape index (κ3) is 3.49. The van der Waals surface area contributed by atoms with Gasteiger partial charge < -0.3 is 20.7 Å². The number of nitrogens with two attached hydrogens (primary N) is 1. The van der Waals surface area contributed by atoms with Crippen LogP contribution < -0.4 is 15.8 Å². The Labute approximate surface area is 141 Å². The molecule has 1 unspecified atom stereocenters. The third-order valence-corrected chi connectivity index (χ3v) is 4.24. The number of anilines is 1. The number of hydrogen-bond acceptors (Lipinski definition) is 5. The Morgan fingerprint density at radius 1 is 1.38 bits per heavy atom. The SMILES string of the molecule is COc1ccccc1C1CNCCN1C(=O)Cc1ccc(N)cn1. The Morgan fingerprint density at radius 2 is 2.21 bits per heavy atom. The van der Waals surface area contributed by atoms with E-state index in [4.69, 9.17) is 10.5 Å². The van der Waals surface area contributed by atoms with Crippen molar-refractivity contribution in [3.05, 3.63) is 53.9 Å². The number of amides is 1. The highest BCUT2D eigenvalue weighted by Crippen LogP contribution is 2.30. The van der Waals surface area contributed by atoms with Gasteiger partial charge in [-0.1, -0.05) is 18.2 Å². The minimum Gasteiger partial charge on any atom is -0.496 e. The largest absolute Gasteiger partial charge is 0.496 e. The van der Waals surface area contributed by atoms with Gasteiger partial charge in [-0.05, 0) is 18.2 Å². The van der Waals surface area contributed by atoms with Gasteiger partial charge in [0.2, 0.25) is 5.91 Å². The van der Waals surface area contributed by atoms with Crippen LogP contribution in [-0.4, -0.2) is 42.5 Å². The lowest BCUT2D eigenvalue weighted by atomic mass is 10.0. The first-order valence-corrected chi connectivity index (χ1v) is 8.02. The maximum Gasteiger partial charge on any atom is 0.229 e. The summed E-state index contributed by atoms with van der Waals surface area (Å²) in [6.45, 7) is 2.16. The molecule has 1 saturated heterocycles. The van der Waals surface area contributed by atoms with E-state index in [9.17, 15) is 4.79 Å². The molecule has 1 aromatic carbocycles. The number of benzene rings is 1. The van der Waals surface area contributed by atoms with Crippen LogP contribution in [0.5, 0.6) is 5.75 Å². The topological polar surface area (TPSA) is 80.5 Å². The molecule has 0 spiro atoms. The minimum absolute atomic E-state index is 0.0452. The van der Waals surface area contributed by atoms with Crippen LogP contribution in [0.3, 0.4) is 0 Å². The van der Waals surface area contributed by atoms with Gasteiger partial charge in [-0.2, -0.15) is 0 Å². The normalized spacial score (nSPS) is 17.5. The lowest BCUT2D eigenvalue weighted by molar-refractivity contribution is -0.133. The molecule has 24 heavy (non-hydrogen) atoms. The van der Waals surface area contributed by atoms with Crippen LogP contribution in [0.25, 0.3) is 0 Å². The lowest BCUT2D eigenvalue weighted by Crippen LogP contribution is -2.49. The first-order chi connectivity index (χ1) is 11.7. The lowest BCUT2D eigenvalue weighted by Gasteiger charge is -2.37. The van der Waals surface area contributed by atoms with E-state index in [1.54, 1.807) is 25.4 Å². The number of methoxy groups -OCH3 is 1. The molecule has 6 heteroatoms. The van der Waals surface area contributed by atoms with Crippen molar-refractivity contribution in [2.24, 2.45) is 0 Å². The second-order valence-corrected chi connectivity index (χ2v) is 5.81. The number of nitrogen functional groups attached to an aromatic ring is 1. The van der Waals surface area contributed by atoms with Crippen LogP contribution >= 0.6 is 0 Å². The summed E-state index contributed by atoms with van der Waals surface area (Å²) in [5.74, 6) is 0.860. The third-order valence-electron chi connectivity index (χ3n) is 4.24. The molecule has 1 aliphatic rings. The molecule has 1 aliphatic heterocycles. The predicted octanol–water partition coefficient (Wildman–Crippen LogP) is 1.39. The first-order valence-electron chi connectivity index (χ1n) is 8.02. The minimum atomic E-state index is -0.0452. The number of aromatic nitrogens is 1. The molecule has 6 nitrogen and oxygen atoms in total. The van der Waals surface area contributed by atoms with Crippen LogP contribution in [0.2, 0.25) is 0 Å². The molecule has 2 aromatic rings. The van der Waals surface area contributed by atoms with E-state index >= 15 is 0 Å². The van der Waals surface area contributed by atoms with Gasteiger partial charge in [0.15, 0.2) is 0 Å². The van der Waals surface area contributed by atoms with E-state index in [1.165, 1.54) is 0 Å². The van der Waals surface area contributed by atoms with Gasteiger partial charge in [0.05, 0.1) is 31.5 Å². The molecule has 3 rings (SSSR count). The molecule has 1 atom stereocenters. The predicted molar refractivity (Wildman–Crippen MR) is 92.7 cm³/mol. The smallest absolute Gasteiger partial charge is 0.229 e. The van der Waals surface area contributed by atoms with Crippen molar-refractivity contribution in [1.82, 2.24) is 15.2 Å².